The van der Waals surface area contributed by atoms with Gasteiger partial charge in [-0.2, -0.15) is 0 Å². The Bertz CT molecular complexity index is 94.1. The molecule has 2 heteroatoms. The molecule has 0 amide bonds. The maximum atomic E-state index is 5.45. The molecule has 2 nitrogen and oxygen atoms in total. The molecule has 0 aliphatic heterocycles. The number of hydrogen-bond acceptors (Lipinski definition) is 2. The summed E-state index contributed by atoms with van der Waals surface area (Å²) in [6.45, 7) is 4.37. The molecule has 0 spiro atoms. The second-order valence-electron chi connectivity index (χ2n) is 3.99. The first-order chi connectivity index (χ1) is 6.31. The zero-order valence-electron chi connectivity index (χ0n) is 9.31. The summed E-state index contributed by atoms with van der Waals surface area (Å²) in [6.07, 6.45) is 7.93. The molecule has 0 aliphatic carbocycles. The van der Waals surface area contributed by atoms with E-state index in [-0.39, 0.29) is 0 Å². The van der Waals surface area contributed by atoms with Crippen molar-refractivity contribution in [3.05, 3.63) is 0 Å². The summed E-state index contributed by atoms with van der Waals surface area (Å²) in [6, 6.07) is 0. The Morgan fingerprint density at radius 2 is 1.69 bits per heavy atom. The van der Waals surface area contributed by atoms with E-state index < -0.39 is 0 Å². The molecule has 0 radical (unpaired) electrons. The fourth-order valence-corrected chi connectivity index (χ4v) is 1.58. The summed E-state index contributed by atoms with van der Waals surface area (Å²) in [5.41, 5.74) is 5.45. The lowest BCUT2D eigenvalue weighted by Crippen LogP contribution is -2.08. The number of nitrogens with two attached hydrogens (primary N) is 1. The molecule has 0 fully saturated rings. The van der Waals surface area contributed by atoms with Gasteiger partial charge in [0.1, 0.15) is 0 Å². The normalized spacial score (nSPS) is 13.2. The second-order valence-corrected chi connectivity index (χ2v) is 3.99. The fraction of sp³-hybridized carbons (Fsp3) is 1.00. The van der Waals surface area contributed by atoms with E-state index in [0.717, 1.165) is 19.0 Å². The van der Waals surface area contributed by atoms with Crippen LogP contribution in [-0.4, -0.2) is 20.1 Å². The van der Waals surface area contributed by atoms with E-state index >= 15 is 0 Å². The number of hydrogen-bond donors (Lipinski definition) is 2. The van der Waals surface area contributed by atoms with Crippen LogP contribution in [0, 0.1) is 5.92 Å². The van der Waals surface area contributed by atoms with Gasteiger partial charge in [-0.3, -0.25) is 0 Å². The van der Waals surface area contributed by atoms with E-state index in [1.807, 2.05) is 7.05 Å². The third-order valence-corrected chi connectivity index (χ3v) is 2.52. The van der Waals surface area contributed by atoms with Crippen LogP contribution in [0.5, 0.6) is 0 Å². The van der Waals surface area contributed by atoms with Crippen LogP contribution in [0.4, 0.5) is 0 Å². The van der Waals surface area contributed by atoms with Gasteiger partial charge in [-0.15, -0.1) is 0 Å². The van der Waals surface area contributed by atoms with Crippen molar-refractivity contribution in [3.63, 3.8) is 0 Å². The zero-order valence-corrected chi connectivity index (χ0v) is 9.31. The minimum absolute atomic E-state index is 0.854. The highest BCUT2D eigenvalue weighted by Gasteiger charge is 2.00. The first kappa shape index (κ1) is 12.9. The van der Waals surface area contributed by atoms with Crippen LogP contribution in [0.1, 0.15) is 45.4 Å². The summed E-state index contributed by atoms with van der Waals surface area (Å²) in [7, 11) is 2.02. The second kappa shape index (κ2) is 10.0. The maximum Gasteiger partial charge on any atom is -0.00519 e. The van der Waals surface area contributed by atoms with Crippen LogP contribution >= 0.6 is 0 Å². The molecule has 13 heavy (non-hydrogen) atoms. The lowest BCUT2D eigenvalue weighted by molar-refractivity contribution is 0.444. The van der Waals surface area contributed by atoms with Crippen LogP contribution in [0.25, 0.3) is 0 Å². The van der Waals surface area contributed by atoms with Crippen LogP contribution < -0.4 is 11.1 Å². The Hall–Kier alpha value is -0.0800. The average molecular weight is 186 g/mol. The molecule has 0 aromatic carbocycles. The van der Waals surface area contributed by atoms with Crippen molar-refractivity contribution in [2.24, 2.45) is 11.7 Å². The molecule has 1 unspecified atom stereocenters. The van der Waals surface area contributed by atoms with Crippen molar-refractivity contribution >= 4 is 0 Å². The van der Waals surface area contributed by atoms with Gasteiger partial charge in [0.2, 0.25) is 0 Å². The van der Waals surface area contributed by atoms with Gasteiger partial charge in [-0.25, -0.2) is 0 Å². The number of unbranched alkanes of at least 4 members (excludes halogenated alkanes) is 2. The summed E-state index contributed by atoms with van der Waals surface area (Å²) in [5.74, 6) is 0.892. The summed E-state index contributed by atoms with van der Waals surface area (Å²) < 4.78 is 0. The minimum Gasteiger partial charge on any atom is -0.330 e. The Morgan fingerprint density at radius 3 is 2.23 bits per heavy atom. The highest BCUT2D eigenvalue weighted by Crippen LogP contribution is 2.14. The average Bonchev–Trinajstić information content (AvgIpc) is 2.13. The standard InChI is InChI=1S/C11H26N2/c1-11(7-3-5-9-12)8-4-6-10-13-2/h11,13H,3-10,12H2,1-2H3. The first-order valence-corrected chi connectivity index (χ1v) is 5.66. The smallest absolute Gasteiger partial charge is 0.00519 e. The molecule has 0 heterocycles. The molecule has 0 aromatic heterocycles. The van der Waals surface area contributed by atoms with Crippen LogP contribution in [0.15, 0.2) is 0 Å². The summed E-state index contributed by atoms with van der Waals surface area (Å²) in [5, 5.41) is 3.18. The molecule has 3 N–H and O–H groups in total. The first-order valence-electron chi connectivity index (χ1n) is 5.66. The van der Waals surface area contributed by atoms with Gasteiger partial charge in [-0.1, -0.05) is 32.6 Å². The molecule has 0 saturated heterocycles. The SMILES string of the molecule is CNCCCCC(C)CCCCN. The summed E-state index contributed by atoms with van der Waals surface area (Å²) in [4.78, 5) is 0. The van der Waals surface area contributed by atoms with Gasteiger partial charge in [0, 0.05) is 0 Å². The Balaban J connectivity index is 3.05. The molecule has 80 valence electrons. The van der Waals surface area contributed by atoms with Crippen LogP contribution in [0.2, 0.25) is 0 Å². The topological polar surface area (TPSA) is 38.0 Å². The molecule has 0 bridgehead atoms. The predicted octanol–water partition coefficient (Wildman–Crippen LogP) is 2.14. The molecule has 0 aromatic rings. The van der Waals surface area contributed by atoms with E-state index in [4.69, 9.17) is 5.73 Å². The van der Waals surface area contributed by atoms with Crippen molar-refractivity contribution in [2.75, 3.05) is 20.1 Å². The van der Waals surface area contributed by atoms with Gasteiger partial charge in [0.25, 0.3) is 0 Å². The highest BCUT2D eigenvalue weighted by molar-refractivity contribution is 4.55. The van der Waals surface area contributed by atoms with Crippen molar-refractivity contribution in [1.29, 1.82) is 0 Å². The van der Waals surface area contributed by atoms with Crippen molar-refractivity contribution in [2.45, 2.75) is 45.4 Å². The van der Waals surface area contributed by atoms with Crippen LogP contribution in [0.3, 0.4) is 0 Å². The van der Waals surface area contributed by atoms with Gasteiger partial charge in [-0.05, 0) is 38.9 Å². The fourth-order valence-electron chi connectivity index (χ4n) is 1.58. The molecule has 1 atom stereocenters. The number of nitrogens with one attached hydrogen (secondary N) is 1. The van der Waals surface area contributed by atoms with Gasteiger partial charge < -0.3 is 11.1 Å². The van der Waals surface area contributed by atoms with Gasteiger partial charge in [0.05, 0.1) is 0 Å². The Labute approximate surface area is 83.3 Å². The summed E-state index contributed by atoms with van der Waals surface area (Å²) >= 11 is 0. The van der Waals surface area contributed by atoms with E-state index in [1.54, 1.807) is 0 Å². The van der Waals surface area contributed by atoms with E-state index in [1.165, 1.54) is 38.5 Å². The lowest BCUT2D eigenvalue weighted by Gasteiger charge is -2.10. The third kappa shape index (κ3) is 9.84. The largest absolute Gasteiger partial charge is 0.330 e. The van der Waals surface area contributed by atoms with Gasteiger partial charge >= 0.3 is 0 Å². The van der Waals surface area contributed by atoms with Crippen LogP contribution in [-0.2, 0) is 0 Å². The Kier molecular flexibility index (Phi) is 9.94. The Morgan fingerprint density at radius 1 is 1.08 bits per heavy atom. The van der Waals surface area contributed by atoms with Gasteiger partial charge in [0.15, 0.2) is 0 Å². The van der Waals surface area contributed by atoms with E-state index in [2.05, 4.69) is 12.2 Å². The van der Waals surface area contributed by atoms with Crippen molar-refractivity contribution in [1.82, 2.24) is 5.32 Å². The molecule has 0 rings (SSSR count). The lowest BCUT2D eigenvalue weighted by atomic mass is 9.98. The monoisotopic (exact) mass is 186 g/mol. The molecular weight excluding hydrogens is 160 g/mol. The quantitative estimate of drug-likeness (QED) is 0.541. The van der Waals surface area contributed by atoms with E-state index in [0.29, 0.717) is 0 Å². The maximum absolute atomic E-state index is 5.45. The van der Waals surface area contributed by atoms with E-state index in [9.17, 15) is 0 Å². The zero-order chi connectivity index (χ0) is 9.94. The van der Waals surface area contributed by atoms with Crippen molar-refractivity contribution < 1.29 is 0 Å². The highest BCUT2D eigenvalue weighted by atomic mass is 14.8. The minimum atomic E-state index is 0.854. The molecule has 0 aliphatic rings. The van der Waals surface area contributed by atoms with Crippen molar-refractivity contribution in [3.8, 4) is 0 Å². The molecular formula is C11H26N2. The molecule has 0 saturated carbocycles. The number of rotatable bonds is 9. The predicted molar refractivity (Wildman–Crippen MR) is 59.8 cm³/mol. The third-order valence-electron chi connectivity index (χ3n) is 2.52.